The van der Waals surface area contributed by atoms with E-state index in [1.165, 1.54) is 25.9 Å². The Labute approximate surface area is 197 Å². The second-order valence-corrected chi connectivity index (χ2v) is 9.86. The molecule has 0 saturated carbocycles. The van der Waals surface area contributed by atoms with Gasteiger partial charge in [-0.1, -0.05) is 89.4 Å². The van der Waals surface area contributed by atoms with Gasteiger partial charge in [-0.15, -0.1) is 0 Å². The first-order valence-corrected chi connectivity index (χ1v) is 11.6. The van der Waals surface area contributed by atoms with Crippen LogP contribution in [0.4, 0.5) is 5.95 Å². The number of likely N-dealkylation sites (tertiary alicyclic amines) is 1. The molecule has 1 aliphatic rings. The maximum Gasteiger partial charge on any atom is 0.250 e. The van der Waals surface area contributed by atoms with E-state index in [9.17, 15) is 0 Å². The average Bonchev–Trinajstić information content (AvgIpc) is 3.30. The third-order valence-corrected chi connectivity index (χ3v) is 5.78. The molecule has 0 spiro atoms. The number of hydrogen-bond donors (Lipinski definition) is 1. The molecule has 5 nitrogen and oxygen atoms in total. The van der Waals surface area contributed by atoms with Crippen LogP contribution in [0.5, 0.6) is 0 Å². The van der Waals surface area contributed by atoms with Crippen molar-refractivity contribution < 1.29 is 0 Å². The summed E-state index contributed by atoms with van der Waals surface area (Å²) in [6, 6.07) is 18.2. The minimum atomic E-state index is -1.73. The lowest BCUT2D eigenvalue weighted by Gasteiger charge is -2.15. The summed E-state index contributed by atoms with van der Waals surface area (Å²) >= 11 is 18.3. The van der Waals surface area contributed by atoms with Crippen LogP contribution in [0.25, 0.3) is 22.5 Å². The van der Waals surface area contributed by atoms with E-state index in [0.29, 0.717) is 11.8 Å². The summed E-state index contributed by atoms with van der Waals surface area (Å²) in [6.07, 6.45) is 3.58. The van der Waals surface area contributed by atoms with Crippen molar-refractivity contribution in [3.63, 3.8) is 0 Å². The van der Waals surface area contributed by atoms with E-state index in [0.717, 1.165) is 36.2 Å². The van der Waals surface area contributed by atoms with Gasteiger partial charge in [-0.3, -0.25) is 0 Å². The minimum absolute atomic E-state index is 0.108. The molecule has 2 heterocycles. The molecule has 0 radical (unpaired) electrons. The van der Waals surface area contributed by atoms with E-state index < -0.39 is 3.79 Å². The van der Waals surface area contributed by atoms with Gasteiger partial charge in [-0.25, -0.2) is 4.98 Å². The summed E-state index contributed by atoms with van der Waals surface area (Å²) in [6.45, 7) is 4.17. The second-order valence-electron chi connectivity index (χ2n) is 7.58. The van der Waals surface area contributed by atoms with Crippen LogP contribution in [-0.4, -0.2) is 46.0 Å². The SMILES string of the molecule is ClC(Cl)(Cl)c1nc(NCCCN2CCCC2)nc(-c2ccc(-c3ccccc3)cc2)n1. The van der Waals surface area contributed by atoms with Crippen molar-refractivity contribution in [1.29, 1.82) is 0 Å². The van der Waals surface area contributed by atoms with Crippen LogP contribution in [0.2, 0.25) is 0 Å². The number of aromatic nitrogens is 3. The third kappa shape index (κ3) is 6.07. The molecule has 2 aromatic carbocycles. The summed E-state index contributed by atoms with van der Waals surface area (Å²) in [4.78, 5) is 15.8. The highest BCUT2D eigenvalue weighted by Crippen LogP contribution is 2.37. The van der Waals surface area contributed by atoms with Crippen molar-refractivity contribution in [3.05, 3.63) is 60.4 Å². The van der Waals surface area contributed by atoms with Crippen molar-refractivity contribution in [2.45, 2.75) is 23.1 Å². The van der Waals surface area contributed by atoms with E-state index in [1.807, 2.05) is 42.5 Å². The number of hydrogen-bond acceptors (Lipinski definition) is 5. The van der Waals surface area contributed by atoms with Crippen LogP contribution < -0.4 is 5.32 Å². The molecule has 31 heavy (non-hydrogen) atoms. The molecular formula is C23H24Cl3N5. The fraction of sp³-hybridized carbons (Fsp3) is 0.348. The van der Waals surface area contributed by atoms with E-state index in [1.54, 1.807) is 0 Å². The molecule has 162 valence electrons. The first kappa shape index (κ1) is 22.3. The van der Waals surface area contributed by atoms with Gasteiger partial charge in [-0.2, -0.15) is 9.97 Å². The fourth-order valence-corrected chi connectivity index (χ4v) is 3.92. The van der Waals surface area contributed by atoms with Crippen LogP contribution in [0.3, 0.4) is 0 Å². The number of benzene rings is 2. The van der Waals surface area contributed by atoms with Gasteiger partial charge in [0.15, 0.2) is 11.6 Å². The van der Waals surface area contributed by atoms with Gasteiger partial charge in [0.1, 0.15) is 0 Å². The Hall–Kier alpha value is -1.92. The summed E-state index contributed by atoms with van der Waals surface area (Å²) in [5.41, 5.74) is 3.09. The van der Waals surface area contributed by atoms with Crippen LogP contribution in [-0.2, 0) is 3.79 Å². The zero-order valence-corrected chi connectivity index (χ0v) is 19.3. The summed E-state index contributed by atoms with van der Waals surface area (Å²) in [5, 5.41) is 3.26. The Bertz CT molecular complexity index is 984. The fourth-order valence-electron chi connectivity index (χ4n) is 3.66. The Morgan fingerprint density at radius 3 is 2.13 bits per heavy atom. The molecule has 3 aromatic rings. The normalized spacial score (nSPS) is 14.7. The first-order chi connectivity index (χ1) is 15.0. The van der Waals surface area contributed by atoms with Crippen molar-refractivity contribution >= 4 is 40.8 Å². The first-order valence-electron chi connectivity index (χ1n) is 10.4. The standard InChI is InChI=1S/C23H24Cl3N5/c24-23(25,26)21-28-20(19-11-9-18(10-12-19)17-7-2-1-3-8-17)29-22(30-21)27-13-6-16-31-14-4-5-15-31/h1-3,7-12H,4-6,13-16H2,(H,27,28,29,30). The van der Waals surface area contributed by atoms with Crippen LogP contribution in [0.1, 0.15) is 25.1 Å². The highest BCUT2D eigenvalue weighted by Gasteiger charge is 2.28. The smallest absolute Gasteiger partial charge is 0.250 e. The zero-order valence-electron chi connectivity index (χ0n) is 17.1. The highest BCUT2D eigenvalue weighted by atomic mass is 35.6. The lowest BCUT2D eigenvalue weighted by molar-refractivity contribution is 0.337. The Morgan fingerprint density at radius 2 is 1.45 bits per heavy atom. The van der Waals surface area contributed by atoms with Crippen molar-refractivity contribution in [2.75, 3.05) is 31.5 Å². The van der Waals surface area contributed by atoms with Crippen LogP contribution in [0.15, 0.2) is 54.6 Å². The van der Waals surface area contributed by atoms with Crippen molar-refractivity contribution in [2.24, 2.45) is 0 Å². The van der Waals surface area contributed by atoms with E-state index in [-0.39, 0.29) is 5.82 Å². The summed E-state index contributed by atoms with van der Waals surface area (Å²) in [7, 11) is 0. The van der Waals surface area contributed by atoms with E-state index >= 15 is 0 Å². The Morgan fingerprint density at radius 1 is 0.806 bits per heavy atom. The molecule has 8 heteroatoms. The van der Waals surface area contributed by atoms with Crippen molar-refractivity contribution in [1.82, 2.24) is 19.9 Å². The average molecular weight is 477 g/mol. The van der Waals surface area contributed by atoms with Gasteiger partial charge in [0.05, 0.1) is 0 Å². The van der Waals surface area contributed by atoms with E-state index in [4.69, 9.17) is 34.8 Å². The third-order valence-electron chi connectivity index (χ3n) is 5.27. The quantitative estimate of drug-likeness (QED) is 0.338. The monoisotopic (exact) mass is 475 g/mol. The van der Waals surface area contributed by atoms with E-state index in [2.05, 4.69) is 37.3 Å². The molecule has 1 fully saturated rings. The largest absolute Gasteiger partial charge is 0.354 e. The van der Waals surface area contributed by atoms with Gasteiger partial charge in [0.2, 0.25) is 9.74 Å². The number of alkyl halides is 3. The summed E-state index contributed by atoms with van der Waals surface area (Å²) < 4.78 is -1.73. The molecule has 1 aromatic heterocycles. The maximum atomic E-state index is 6.09. The second kappa shape index (κ2) is 10.1. The Balaban J connectivity index is 1.51. The number of halogens is 3. The van der Waals surface area contributed by atoms with Crippen molar-refractivity contribution in [3.8, 4) is 22.5 Å². The van der Waals surface area contributed by atoms with Gasteiger partial charge < -0.3 is 10.2 Å². The molecule has 0 bridgehead atoms. The zero-order chi connectivity index (χ0) is 21.7. The predicted molar refractivity (Wildman–Crippen MR) is 129 cm³/mol. The molecule has 1 aliphatic heterocycles. The topological polar surface area (TPSA) is 53.9 Å². The minimum Gasteiger partial charge on any atom is -0.354 e. The molecular weight excluding hydrogens is 453 g/mol. The lowest BCUT2D eigenvalue weighted by Crippen LogP contribution is -2.23. The number of nitrogens with zero attached hydrogens (tertiary/aromatic N) is 4. The molecule has 1 N–H and O–H groups in total. The molecule has 0 atom stereocenters. The number of anilines is 1. The van der Waals surface area contributed by atoms with Gasteiger partial charge in [0, 0.05) is 12.1 Å². The molecule has 0 amide bonds. The number of rotatable bonds is 7. The van der Waals surface area contributed by atoms with Gasteiger partial charge in [0.25, 0.3) is 0 Å². The maximum absolute atomic E-state index is 6.09. The predicted octanol–water partition coefficient (Wildman–Crippen LogP) is 5.93. The van der Waals surface area contributed by atoms with Gasteiger partial charge >= 0.3 is 0 Å². The molecule has 4 rings (SSSR count). The van der Waals surface area contributed by atoms with Crippen LogP contribution in [0, 0.1) is 0 Å². The number of nitrogens with one attached hydrogen (secondary N) is 1. The molecule has 1 saturated heterocycles. The van der Waals surface area contributed by atoms with Crippen LogP contribution >= 0.6 is 34.8 Å². The highest BCUT2D eigenvalue weighted by molar-refractivity contribution is 6.66. The molecule has 0 aliphatic carbocycles. The molecule has 0 unspecified atom stereocenters. The van der Waals surface area contributed by atoms with Gasteiger partial charge in [-0.05, 0) is 50.0 Å². The lowest BCUT2D eigenvalue weighted by atomic mass is 10.0. The summed E-state index contributed by atoms with van der Waals surface area (Å²) in [5.74, 6) is 0.995. The Kier molecular flexibility index (Phi) is 7.28.